The minimum atomic E-state index is -0.0525. The van der Waals surface area contributed by atoms with E-state index in [0.717, 1.165) is 51.3 Å². The fraction of sp³-hybridized carbons (Fsp3) is 0.192. The molecule has 264 valence electrons. The maximum absolute atomic E-state index is 6.91. The Balaban J connectivity index is 1.16. The summed E-state index contributed by atoms with van der Waals surface area (Å²) in [5.41, 5.74) is 18.3. The number of anilines is 3. The number of benzene rings is 7. The minimum absolute atomic E-state index is 0.0525. The van der Waals surface area contributed by atoms with Crippen molar-refractivity contribution in [1.29, 1.82) is 0 Å². The number of nitrogens with zero attached hydrogens (tertiary/aromatic N) is 1. The molecule has 0 unspecified atom stereocenters. The van der Waals surface area contributed by atoms with Crippen LogP contribution in [0.3, 0.4) is 0 Å². The zero-order chi connectivity index (χ0) is 37.0. The lowest BCUT2D eigenvalue weighted by atomic mass is 9.82. The number of fused-ring (bicyclic) bond motifs is 7. The van der Waals surface area contributed by atoms with Gasteiger partial charge in [-0.15, -0.1) is 0 Å². The van der Waals surface area contributed by atoms with Gasteiger partial charge in [0.1, 0.15) is 11.2 Å². The van der Waals surface area contributed by atoms with Crippen LogP contribution in [0.2, 0.25) is 0 Å². The van der Waals surface area contributed by atoms with Crippen molar-refractivity contribution < 1.29 is 4.42 Å². The number of furan rings is 1. The van der Waals surface area contributed by atoms with E-state index in [4.69, 9.17) is 4.42 Å². The van der Waals surface area contributed by atoms with Crippen molar-refractivity contribution in [3.8, 4) is 33.4 Å². The molecule has 0 amide bonds. The van der Waals surface area contributed by atoms with Gasteiger partial charge in [-0.1, -0.05) is 151 Å². The van der Waals surface area contributed by atoms with E-state index in [1.54, 1.807) is 0 Å². The predicted molar refractivity (Wildman–Crippen MR) is 228 cm³/mol. The van der Waals surface area contributed by atoms with Crippen molar-refractivity contribution in [1.82, 2.24) is 0 Å². The van der Waals surface area contributed by atoms with Crippen LogP contribution in [0.5, 0.6) is 0 Å². The third kappa shape index (κ3) is 4.79. The highest BCUT2D eigenvalue weighted by Crippen LogP contribution is 2.53. The Labute approximate surface area is 318 Å². The van der Waals surface area contributed by atoms with Gasteiger partial charge in [-0.2, -0.15) is 0 Å². The summed E-state index contributed by atoms with van der Waals surface area (Å²) in [6.07, 6.45) is 1.13. The van der Waals surface area contributed by atoms with Crippen molar-refractivity contribution in [3.05, 3.63) is 174 Å². The summed E-state index contributed by atoms with van der Waals surface area (Å²) in [7, 11) is 0. The maximum atomic E-state index is 6.91. The number of hydrogen-bond donors (Lipinski definition) is 0. The molecular weight excluding hydrogens is 655 g/mol. The third-order valence-electron chi connectivity index (χ3n) is 12.5. The van der Waals surface area contributed by atoms with Crippen LogP contribution in [-0.4, -0.2) is 0 Å². The SMILES string of the molecule is CC1(C)CC(C)(C)c2cc3c(cc21)oc1c(-c2ccccc2-c2ccccc2N(c2ccccc2)c2ccc4c(c2)-c2ccccc2C4(C)C)cccc13. The quantitative estimate of drug-likeness (QED) is 0.178. The van der Waals surface area contributed by atoms with E-state index in [-0.39, 0.29) is 16.2 Å². The van der Waals surface area contributed by atoms with Crippen LogP contribution in [0.15, 0.2) is 156 Å². The zero-order valence-corrected chi connectivity index (χ0v) is 32.0. The molecular formula is C52H45NO. The molecule has 0 saturated heterocycles. The standard InChI is InChI=1S/C52H45NO/c1-50(2)32-51(3,4)46-31-48-42(30-45(46)50)40-24-16-23-39(49(40)54-48)36-20-11-10-19-35(36)38-22-13-15-26-47(38)53(33-17-8-7-9-18-33)34-27-28-44-41(29-34)37-21-12-14-25-43(37)52(44,5)6/h7-31H,32H2,1-6H3. The van der Waals surface area contributed by atoms with E-state index < -0.39 is 0 Å². The largest absolute Gasteiger partial charge is 0.455 e. The van der Waals surface area contributed by atoms with Gasteiger partial charge in [-0.3, -0.25) is 0 Å². The molecule has 2 aliphatic rings. The molecule has 1 heterocycles. The average molecular weight is 700 g/mol. The second-order valence-corrected chi connectivity index (χ2v) is 17.3. The monoisotopic (exact) mass is 699 g/mol. The van der Waals surface area contributed by atoms with Gasteiger partial charge < -0.3 is 9.32 Å². The van der Waals surface area contributed by atoms with Crippen LogP contribution >= 0.6 is 0 Å². The van der Waals surface area contributed by atoms with Gasteiger partial charge in [-0.05, 0) is 104 Å². The lowest BCUT2D eigenvalue weighted by molar-refractivity contribution is 0.403. The van der Waals surface area contributed by atoms with Crippen molar-refractivity contribution in [2.45, 2.75) is 64.2 Å². The van der Waals surface area contributed by atoms with E-state index in [2.05, 4.69) is 198 Å². The Hall–Kier alpha value is -5.86. The van der Waals surface area contributed by atoms with Gasteiger partial charge >= 0.3 is 0 Å². The molecule has 1 aromatic heterocycles. The van der Waals surface area contributed by atoms with Crippen molar-refractivity contribution in [2.24, 2.45) is 0 Å². The summed E-state index contributed by atoms with van der Waals surface area (Å²) in [5.74, 6) is 0. The fourth-order valence-electron chi connectivity index (χ4n) is 10.2. The first-order valence-electron chi connectivity index (χ1n) is 19.3. The molecule has 0 fully saturated rings. The average Bonchev–Trinajstić information content (AvgIpc) is 3.72. The lowest BCUT2D eigenvalue weighted by Crippen LogP contribution is -2.17. The highest BCUT2D eigenvalue weighted by Gasteiger charge is 2.42. The normalized spacial score (nSPS) is 16.0. The molecule has 0 saturated carbocycles. The Morgan fingerprint density at radius 1 is 0.426 bits per heavy atom. The van der Waals surface area contributed by atoms with Crippen LogP contribution in [0.4, 0.5) is 17.1 Å². The Kier molecular flexibility index (Phi) is 7.02. The summed E-state index contributed by atoms with van der Waals surface area (Å²) in [6, 6.07) is 55.8. The molecule has 10 rings (SSSR count). The zero-order valence-electron chi connectivity index (χ0n) is 32.0. The first kappa shape index (κ1) is 32.8. The summed E-state index contributed by atoms with van der Waals surface area (Å²) >= 11 is 0. The van der Waals surface area contributed by atoms with E-state index in [0.29, 0.717) is 0 Å². The summed E-state index contributed by atoms with van der Waals surface area (Å²) in [6.45, 7) is 14.2. The fourth-order valence-corrected chi connectivity index (χ4v) is 10.2. The molecule has 0 N–H and O–H groups in total. The van der Waals surface area contributed by atoms with E-state index >= 15 is 0 Å². The minimum Gasteiger partial charge on any atom is -0.455 e. The van der Waals surface area contributed by atoms with Crippen LogP contribution in [0.25, 0.3) is 55.3 Å². The first-order valence-corrected chi connectivity index (χ1v) is 19.3. The van der Waals surface area contributed by atoms with Gasteiger partial charge in [0.15, 0.2) is 0 Å². The second-order valence-electron chi connectivity index (χ2n) is 17.3. The van der Waals surface area contributed by atoms with Crippen molar-refractivity contribution in [3.63, 3.8) is 0 Å². The summed E-state index contributed by atoms with van der Waals surface area (Å²) < 4.78 is 6.91. The predicted octanol–water partition coefficient (Wildman–Crippen LogP) is 14.7. The Bertz CT molecular complexity index is 2780. The molecule has 0 aliphatic heterocycles. The Morgan fingerprint density at radius 3 is 1.78 bits per heavy atom. The van der Waals surface area contributed by atoms with E-state index in [1.165, 1.54) is 49.7 Å². The summed E-state index contributed by atoms with van der Waals surface area (Å²) in [4.78, 5) is 2.42. The molecule has 2 heteroatoms. The number of hydrogen-bond acceptors (Lipinski definition) is 2. The Morgan fingerprint density at radius 2 is 1.02 bits per heavy atom. The van der Waals surface area contributed by atoms with Crippen LogP contribution < -0.4 is 4.90 Å². The molecule has 2 nitrogen and oxygen atoms in total. The van der Waals surface area contributed by atoms with Crippen LogP contribution in [0.1, 0.15) is 70.2 Å². The molecule has 8 aromatic rings. The molecule has 0 radical (unpaired) electrons. The van der Waals surface area contributed by atoms with Crippen molar-refractivity contribution in [2.75, 3.05) is 4.90 Å². The van der Waals surface area contributed by atoms with Gasteiger partial charge in [0.25, 0.3) is 0 Å². The van der Waals surface area contributed by atoms with Gasteiger partial charge in [-0.25, -0.2) is 0 Å². The molecule has 54 heavy (non-hydrogen) atoms. The smallest absolute Gasteiger partial charge is 0.143 e. The van der Waals surface area contributed by atoms with Gasteiger partial charge in [0.2, 0.25) is 0 Å². The first-order chi connectivity index (χ1) is 26.0. The van der Waals surface area contributed by atoms with Crippen LogP contribution in [0, 0.1) is 0 Å². The number of rotatable bonds is 5. The lowest BCUT2D eigenvalue weighted by Gasteiger charge is -2.29. The van der Waals surface area contributed by atoms with Gasteiger partial charge in [0, 0.05) is 38.7 Å². The molecule has 0 atom stereocenters. The molecule has 7 aromatic carbocycles. The summed E-state index contributed by atoms with van der Waals surface area (Å²) in [5, 5.41) is 2.37. The second kappa shape index (κ2) is 11.6. The third-order valence-corrected chi connectivity index (χ3v) is 12.5. The molecule has 0 spiro atoms. The maximum Gasteiger partial charge on any atom is 0.143 e. The van der Waals surface area contributed by atoms with Crippen LogP contribution in [-0.2, 0) is 16.2 Å². The van der Waals surface area contributed by atoms with Gasteiger partial charge in [0.05, 0.1) is 5.69 Å². The topological polar surface area (TPSA) is 16.4 Å². The molecule has 2 aliphatic carbocycles. The van der Waals surface area contributed by atoms with E-state index in [9.17, 15) is 0 Å². The molecule has 0 bridgehead atoms. The highest BCUT2D eigenvalue weighted by atomic mass is 16.3. The highest BCUT2D eigenvalue weighted by molar-refractivity contribution is 6.11. The van der Waals surface area contributed by atoms with Crippen molar-refractivity contribution >= 4 is 39.0 Å². The number of para-hydroxylation sites is 3. The van der Waals surface area contributed by atoms with E-state index in [1.807, 2.05) is 0 Å².